The van der Waals surface area contributed by atoms with Crippen molar-refractivity contribution in [1.82, 2.24) is 10.2 Å². The molecule has 0 aromatic carbocycles. The molecule has 0 bridgehead atoms. The topological polar surface area (TPSA) is 90.7 Å². The molecule has 142 valence electrons. The first-order chi connectivity index (χ1) is 13.1. The van der Waals surface area contributed by atoms with Gasteiger partial charge in [-0.25, -0.2) is 0 Å². The van der Waals surface area contributed by atoms with Crippen LogP contribution in [0.3, 0.4) is 0 Å². The van der Waals surface area contributed by atoms with Crippen LogP contribution in [0.2, 0.25) is 0 Å². The van der Waals surface area contributed by atoms with Gasteiger partial charge in [0.05, 0.1) is 10.8 Å². The molecule has 9 heteroatoms. The van der Waals surface area contributed by atoms with E-state index in [4.69, 9.17) is 0 Å². The van der Waals surface area contributed by atoms with Crippen molar-refractivity contribution < 1.29 is 4.79 Å². The first-order valence-corrected chi connectivity index (χ1v) is 11.3. The number of thioether (sulfide) groups is 1. The summed E-state index contributed by atoms with van der Waals surface area (Å²) >= 11 is 4.33. The Morgan fingerprint density at radius 2 is 2.19 bits per heavy atom. The Bertz CT molecular complexity index is 867. The lowest BCUT2D eigenvalue weighted by Crippen LogP contribution is -2.22. The lowest BCUT2D eigenvalue weighted by Gasteiger charge is -2.09. The molecule has 2 heterocycles. The third-order valence-electron chi connectivity index (χ3n) is 4.22. The second-order valence-corrected chi connectivity index (χ2v) is 9.84. The Hall–Kier alpha value is -1.89. The summed E-state index contributed by atoms with van der Waals surface area (Å²) in [5, 5.41) is 24.8. The number of nitriles is 1. The number of aryl methyl sites for hydroxylation is 1. The number of aromatic nitrogens is 2. The summed E-state index contributed by atoms with van der Waals surface area (Å²) in [6.07, 6.45) is 7.14. The number of hydrogen-bond acceptors (Lipinski definition) is 8. The second kappa shape index (κ2) is 9.35. The summed E-state index contributed by atoms with van der Waals surface area (Å²) in [5.74, 6) is -0.122. The van der Waals surface area contributed by atoms with Gasteiger partial charge in [-0.15, -0.1) is 28.1 Å². The number of rotatable bonds is 7. The molecule has 0 unspecified atom stereocenters. The number of fused-ring (bicyclic) bond motifs is 1. The minimum atomic E-state index is -0.335. The lowest BCUT2D eigenvalue weighted by molar-refractivity contribution is -0.115. The van der Waals surface area contributed by atoms with Crippen LogP contribution < -0.4 is 10.6 Å². The van der Waals surface area contributed by atoms with Gasteiger partial charge >= 0.3 is 0 Å². The molecule has 2 N–H and O–H groups in total. The molecule has 1 aliphatic carbocycles. The molecular weight excluding hydrogens is 398 g/mol. The van der Waals surface area contributed by atoms with Gasteiger partial charge in [0.2, 0.25) is 11.0 Å². The highest BCUT2D eigenvalue weighted by Crippen LogP contribution is 2.37. The van der Waals surface area contributed by atoms with E-state index in [0.29, 0.717) is 22.2 Å². The highest BCUT2D eigenvalue weighted by molar-refractivity contribution is 8.02. The number of thiophene rings is 1. The molecule has 0 saturated heterocycles. The highest BCUT2D eigenvalue weighted by atomic mass is 32.2. The monoisotopic (exact) mass is 419 g/mol. The van der Waals surface area contributed by atoms with Gasteiger partial charge < -0.3 is 10.6 Å². The quantitative estimate of drug-likeness (QED) is 0.391. The van der Waals surface area contributed by atoms with Gasteiger partial charge in [-0.3, -0.25) is 4.79 Å². The van der Waals surface area contributed by atoms with E-state index in [9.17, 15) is 10.1 Å². The number of hydrogen-bond donors (Lipinski definition) is 2. The fraction of sp³-hybridized carbons (Fsp3) is 0.444. The molecule has 0 spiro atoms. The number of carbonyl (C=O) groups is 1. The summed E-state index contributed by atoms with van der Waals surface area (Å²) in [5.41, 5.74) is 1.78. The molecule has 2 aromatic heterocycles. The van der Waals surface area contributed by atoms with Crippen molar-refractivity contribution >= 4 is 50.5 Å². The average Bonchev–Trinajstić information content (AvgIpc) is 3.16. The van der Waals surface area contributed by atoms with Gasteiger partial charge in [-0.1, -0.05) is 35.6 Å². The molecule has 0 radical (unpaired) electrons. The summed E-state index contributed by atoms with van der Waals surface area (Å²) in [7, 11) is 0. The van der Waals surface area contributed by atoms with E-state index in [2.05, 4.69) is 33.5 Å². The maximum absolute atomic E-state index is 12.6. The maximum Gasteiger partial charge on any atom is 0.238 e. The number of carbonyl (C=O) groups excluding carboxylic acids is 1. The SMILES string of the molecule is C=CCNc1nnc(S[C@@H](C)C(=O)Nc2sc3c(c2C#N)CCCCC3)s1. The predicted molar refractivity (Wildman–Crippen MR) is 113 cm³/mol. The first kappa shape index (κ1) is 19.9. The summed E-state index contributed by atoms with van der Waals surface area (Å²) in [4.78, 5) is 13.9. The predicted octanol–water partition coefficient (Wildman–Crippen LogP) is 4.46. The van der Waals surface area contributed by atoms with Crippen molar-refractivity contribution in [2.24, 2.45) is 0 Å². The van der Waals surface area contributed by atoms with E-state index in [1.807, 2.05) is 6.92 Å². The summed E-state index contributed by atoms with van der Waals surface area (Å²) < 4.78 is 0.728. The zero-order chi connectivity index (χ0) is 19.2. The van der Waals surface area contributed by atoms with Crippen molar-refractivity contribution in [3.63, 3.8) is 0 Å². The van der Waals surface area contributed by atoms with Crippen molar-refractivity contribution in [1.29, 1.82) is 5.26 Å². The Morgan fingerprint density at radius 1 is 1.37 bits per heavy atom. The van der Waals surface area contributed by atoms with Crippen LogP contribution in [0.5, 0.6) is 0 Å². The number of nitrogens with one attached hydrogen (secondary N) is 2. The lowest BCUT2D eigenvalue weighted by atomic mass is 10.1. The number of nitrogens with zero attached hydrogens (tertiary/aromatic N) is 3. The third kappa shape index (κ3) is 4.89. The highest BCUT2D eigenvalue weighted by Gasteiger charge is 2.23. The van der Waals surface area contributed by atoms with Crippen LogP contribution in [0.15, 0.2) is 17.0 Å². The molecular formula is C18H21N5OS3. The molecule has 2 aromatic rings. The minimum absolute atomic E-state index is 0.122. The van der Waals surface area contributed by atoms with Gasteiger partial charge in [0.1, 0.15) is 11.1 Å². The second-order valence-electron chi connectivity index (χ2n) is 6.17. The van der Waals surface area contributed by atoms with Gasteiger partial charge in [-0.05, 0) is 38.2 Å². The standard InChI is InChI=1S/C18H21N5OS3/c1-3-9-20-17-22-23-18(27-17)25-11(2)15(24)21-16-13(10-19)12-7-5-4-6-8-14(12)26-16/h3,11H,1,4-9H2,2H3,(H,20,22)(H,21,24)/t11-/m0/s1. The molecule has 0 aliphatic heterocycles. The average molecular weight is 420 g/mol. The largest absolute Gasteiger partial charge is 0.357 e. The fourth-order valence-corrected chi connectivity index (χ4v) is 6.00. The number of anilines is 2. The van der Waals surface area contributed by atoms with E-state index < -0.39 is 0 Å². The Morgan fingerprint density at radius 3 is 2.96 bits per heavy atom. The first-order valence-electron chi connectivity index (χ1n) is 8.82. The number of amides is 1. The molecule has 27 heavy (non-hydrogen) atoms. The van der Waals surface area contributed by atoms with Crippen LogP contribution in [-0.4, -0.2) is 27.9 Å². The molecule has 0 fully saturated rings. The van der Waals surface area contributed by atoms with Crippen molar-refractivity contribution in [2.45, 2.75) is 48.6 Å². The van der Waals surface area contributed by atoms with Crippen LogP contribution in [0.4, 0.5) is 10.1 Å². The normalized spacial score (nSPS) is 14.5. The van der Waals surface area contributed by atoms with Crippen molar-refractivity contribution in [2.75, 3.05) is 17.2 Å². The van der Waals surface area contributed by atoms with Gasteiger partial charge in [0.25, 0.3) is 0 Å². The summed E-state index contributed by atoms with van der Waals surface area (Å²) in [6, 6.07) is 2.30. The molecule has 1 atom stereocenters. The molecule has 1 aliphatic rings. The Labute approximate surface area is 171 Å². The maximum atomic E-state index is 12.6. The molecule has 6 nitrogen and oxygen atoms in total. The van der Waals surface area contributed by atoms with E-state index in [-0.39, 0.29) is 11.2 Å². The molecule has 0 saturated carbocycles. The van der Waals surface area contributed by atoms with Gasteiger partial charge in [-0.2, -0.15) is 5.26 Å². The van der Waals surface area contributed by atoms with Crippen LogP contribution in [-0.2, 0) is 17.6 Å². The zero-order valence-electron chi connectivity index (χ0n) is 15.1. The fourth-order valence-electron chi connectivity index (χ4n) is 2.86. The van der Waals surface area contributed by atoms with Crippen molar-refractivity contribution in [3.8, 4) is 6.07 Å². The third-order valence-corrected chi connectivity index (χ3v) is 7.49. The van der Waals surface area contributed by atoms with Crippen LogP contribution >= 0.6 is 34.4 Å². The van der Waals surface area contributed by atoms with E-state index in [1.54, 1.807) is 17.4 Å². The smallest absolute Gasteiger partial charge is 0.238 e. The van der Waals surface area contributed by atoms with E-state index >= 15 is 0 Å². The zero-order valence-corrected chi connectivity index (χ0v) is 17.5. The van der Waals surface area contributed by atoms with Crippen LogP contribution in [0, 0.1) is 11.3 Å². The van der Waals surface area contributed by atoms with Crippen LogP contribution in [0.25, 0.3) is 0 Å². The van der Waals surface area contributed by atoms with Gasteiger partial charge in [0.15, 0.2) is 4.34 Å². The van der Waals surface area contributed by atoms with Gasteiger partial charge in [0, 0.05) is 11.4 Å². The van der Waals surface area contributed by atoms with Crippen molar-refractivity contribution in [3.05, 3.63) is 28.7 Å². The van der Waals surface area contributed by atoms with Crippen LogP contribution in [0.1, 0.15) is 42.2 Å². The molecule has 3 rings (SSSR count). The van der Waals surface area contributed by atoms with E-state index in [0.717, 1.165) is 35.6 Å². The van der Waals surface area contributed by atoms with E-state index in [1.165, 1.54) is 34.4 Å². The molecule has 1 amide bonds. The summed E-state index contributed by atoms with van der Waals surface area (Å²) in [6.45, 7) is 6.11. The Balaban J connectivity index is 1.65. The minimum Gasteiger partial charge on any atom is -0.357 e. The Kier molecular flexibility index (Phi) is 6.88.